The molecule has 1 aliphatic rings. The Kier molecular flexibility index (Phi) is 4.61. The minimum atomic E-state index is -1.38. The zero-order chi connectivity index (χ0) is 18.9. The maximum Gasteiger partial charge on any atom is 0.327 e. The van der Waals surface area contributed by atoms with Crippen molar-refractivity contribution in [3.05, 3.63) is 70.8 Å². The van der Waals surface area contributed by atoms with Crippen LogP contribution in [-0.2, 0) is 31.9 Å². The zero-order valence-corrected chi connectivity index (χ0v) is 15.7. The molecule has 1 fully saturated rings. The van der Waals surface area contributed by atoms with E-state index < -0.39 is 23.1 Å². The van der Waals surface area contributed by atoms with Gasteiger partial charge in [-0.1, -0.05) is 59.7 Å². The first-order chi connectivity index (χ1) is 12.2. The van der Waals surface area contributed by atoms with E-state index in [4.69, 9.17) is 9.47 Å². The predicted octanol–water partition coefficient (Wildman–Crippen LogP) is 3.91. The molecule has 4 heteroatoms. The first-order valence-corrected chi connectivity index (χ1v) is 8.78. The maximum atomic E-state index is 13.0. The van der Waals surface area contributed by atoms with Crippen LogP contribution in [0.15, 0.2) is 48.5 Å². The van der Waals surface area contributed by atoms with Gasteiger partial charge in [0.1, 0.15) is 0 Å². The zero-order valence-electron chi connectivity index (χ0n) is 15.7. The van der Waals surface area contributed by atoms with Crippen molar-refractivity contribution in [2.45, 2.75) is 46.3 Å². The van der Waals surface area contributed by atoms with Crippen LogP contribution < -0.4 is 0 Å². The van der Waals surface area contributed by atoms with Crippen LogP contribution in [0.2, 0.25) is 0 Å². The molecule has 3 rings (SSSR count). The van der Waals surface area contributed by atoms with Gasteiger partial charge < -0.3 is 9.47 Å². The molecule has 0 unspecified atom stereocenters. The molecule has 1 saturated heterocycles. The highest BCUT2D eigenvalue weighted by molar-refractivity contribution is 6.02. The average Bonchev–Trinajstić information content (AvgIpc) is 2.52. The number of ether oxygens (including phenoxy) is 2. The van der Waals surface area contributed by atoms with E-state index in [1.54, 1.807) is 13.8 Å². The number of hydrogen-bond donors (Lipinski definition) is 0. The molecule has 0 N–H and O–H groups in total. The summed E-state index contributed by atoms with van der Waals surface area (Å²) in [5.41, 5.74) is 2.59. The fourth-order valence-electron chi connectivity index (χ4n) is 3.44. The van der Waals surface area contributed by atoms with Gasteiger partial charge in [0.05, 0.1) is 0 Å². The molecule has 2 aromatic rings. The summed E-state index contributed by atoms with van der Waals surface area (Å²) in [6.07, 6.45) is 0.493. The Morgan fingerprint density at radius 2 is 1.19 bits per heavy atom. The van der Waals surface area contributed by atoms with Gasteiger partial charge in [-0.3, -0.25) is 9.59 Å². The number of rotatable bonds is 4. The van der Waals surface area contributed by atoms with Crippen LogP contribution in [0.25, 0.3) is 0 Å². The topological polar surface area (TPSA) is 52.6 Å². The van der Waals surface area contributed by atoms with Crippen molar-refractivity contribution in [3.63, 3.8) is 0 Å². The summed E-state index contributed by atoms with van der Waals surface area (Å²) in [4.78, 5) is 26.0. The summed E-state index contributed by atoms with van der Waals surface area (Å²) in [5, 5.41) is 0. The third kappa shape index (κ3) is 3.64. The maximum absolute atomic E-state index is 13.0. The molecule has 136 valence electrons. The van der Waals surface area contributed by atoms with Gasteiger partial charge >= 0.3 is 11.9 Å². The second-order valence-corrected chi connectivity index (χ2v) is 7.59. The summed E-state index contributed by atoms with van der Waals surface area (Å²) >= 11 is 0. The Morgan fingerprint density at radius 1 is 0.769 bits per heavy atom. The molecule has 0 aromatic heterocycles. The number of carbonyl (C=O) groups is 2. The molecule has 2 aromatic carbocycles. The van der Waals surface area contributed by atoms with Crippen LogP contribution in [0, 0.1) is 19.3 Å². The van der Waals surface area contributed by atoms with Gasteiger partial charge in [0, 0.05) is 13.8 Å². The molecule has 1 heterocycles. The van der Waals surface area contributed by atoms with Gasteiger partial charge in [-0.2, -0.15) is 0 Å². The normalized spacial score (nSPS) is 18.2. The number of aryl methyl sites for hydroxylation is 2. The van der Waals surface area contributed by atoms with Crippen molar-refractivity contribution in [2.75, 3.05) is 0 Å². The second kappa shape index (κ2) is 6.60. The monoisotopic (exact) mass is 352 g/mol. The smallest absolute Gasteiger partial charge is 0.327 e. The van der Waals surface area contributed by atoms with Crippen LogP contribution in [0.4, 0.5) is 0 Å². The van der Waals surface area contributed by atoms with Gasteiger partial charge in [-0.25, -0.2) is 0 Å². The average molecular weight is 352 g/mol. The van der Waals surface area contributed by atoms with Crippen molar-refractivity contribution >= 4 is 11.9 Å². The van der Waals surface area contributed by atoms with Crippen LogP contribution in [0.1, 0.15) is 36.1 Å². The number of benzene rings is 2. The largest absolute Gasteiger partial charge is 0.422 e. The van der Waals surface area contributed by atoms with Crippen molar-refractivity contribution in [2.24, 2.45) is 5.41 Å². The summed E-state index contributed by atoms with van der Waals surface area (Å²) in [6.45, 7) is 7.12. The predicted molar refractivity (Wildman–Crippen MR) is 98.5 cm³/mol. The molecule has 0 amide bonds. The quantitative estimate of drug-likeness (QED) is 0.618. The van der Waals surface area contributed by atoms with E-state index in [1.165, 1.54) is 0 Å². The highest BCUT2D eigenvalue weighted by atomic mass is 16.7. The number of carbonyl (C=O) groups excluding carboxylic acids is 2. The van der Waals surface area contributed by atoms with E-state index in [1.807, 2.05) is 62.4 Å². The highest BCUT2D eigenvalue weighted by Gasteiger charge is 2.56. The van der Waals surface area contributed by atoms with Crippen molar-refractivity contribution in [1.29, 1.82) is 0 Å². The Bertz CT molecular complexity index is 781. The Morgan fingerprint density at radius 3 is 1.58 bits per heavy atom. The van der Waals surface area contributed by atoms with Gasteiger partial charge in [-0.15, -0.1) is 0 Å². The third-order valence-electron chi connectivity index (χ3n) is 4.64. The van der Waals surface area contributed by atoms with Crippen molar-refractivity contribution in [3.8, 4) is 0 Å². The first kappa shape index (κ1) is 18.2. The van der Waals surface area contributed by atoms with Crippen molar-refractivity contribution in [1.82, 2.24) is 0 Å². The molecule has 0 atom stereocenters. The molecule has 0 saturated carbocycles. The fourth-order valence-corrected chi connectivity index (χ4v) is 3.44. The van der Waals surface area contributed by atoms with Crippen LogP contribution in [0.3, 0.4) is 0 Å². The fraction of sp³-hybridized carbons (Fsp3) is 0.364. The molecule has 1 aliphatic heterocycles. The summed E-state index contributed by atoms with van der Waals surface area (Å²) in [7, 11) is 0. The lowest BCUT2D eigenvalue weighted by Gasteiger charge is -2.40. The van der Waals surface area contributed by atoms with E-state index in [9.17, 15) is 9.59 Å². The number of esters is 2. The third-order valence-corrected chi connectivity index (χ3v) is 4.64. The molecule has 26 heavy (non-hydrogen) atoms. The lowest BCUT2D eigenvalue weighted by Crippen LogP contribution is -2.56. The molecule has 4 nitrogen and oxygen atoms in total. The molecule has 0 radical (unpaired) electrons. The van der Waals surface area contributed by atoms with Crippen molar-refractivity contribution < 1.29 is 19.1 Å². The standard InChI is InChI=1S/C22H24O4/c1-15-7-5-9-17(11-15)13-22(14-18-10-6-8-16(2)12-18)19(23)25-21(3,4)26-20(22)24/h5-12H,13-14H2,1-4H3. The Hall–Kier alpha value is -2.62. The van der Waals surface area contributed by atoms with Gasteiger partial charge in [0.25, 0.3) is 5.79 Å². The van der Waals surface area contributed by atoms with E-state index in [2.05, 4.69) is 0 Å². The summed E-state index contributed by atoms with van der Waals surface area (Å²) in [5.74, 6) is -2.29. The molecular formula is C22H24O4. The SMILES string of the molecule is Cc1cccc(CC2(Cc3cccc(C)c3)C(=O)OC(C)(C)OC2=O)c1. The lowest BCUT2D eigenvalue weighted by atomic mass is 9.75. The van der Waals surface area contributed by atoms with Gasteiger partial charge in [0.2, 0.25) is 0 Å². The molecule has 0 bridgehead atoms. The van der Waals surface area contributed by atoms with E-state index in [0.717, 1.165) is 22.3 Å². The molecule has 0 aliphatic carbocycles. The highest BCUT2D eigenvalue weighted by Crippen LogP contribution is 2.38. The number of hydrogen-bond acceptors (Lipinski definition) is 4. The minimum Gasteiger partial charge on any atom is -0.422 e. The molecular weight excluding hydrogens is 328 g/mol. The van der Waals surface area contributed by atoms with Crippen LogP contribution >= 0.6 is 0 Å². The van der Waals surface area contributed by atoms with E-state index >= 15 is 0 Å². The minimum absolute atomic E-state index is 0.246. The first-order valence-electron chi connectivity index (χ1n) is 8.78. The Labute approximate surface area is 154 Å². The number of cyclic esters (lactones) is 2. The Balaban J connectivity index is 2.03. The van der Waals surface area contributed by atoms with E-state index in [0.29, 0.717) is 0 Å². The second-order valence-electron chi connectivity index (χ2n) is 7.59. The van der Waals surface area contributed by atoms with Gasteiger partial charge in [-0.05, 0) is 37.8 Å². The van der Waals surface area contributed by atoms with Crippen LogP contribution in [-0.4, -0.2) is 17.7 Å². The summed E-state index contributed by atoms with van der Waals surface area (Å²) < 4.78 is 11.0. The summed E-state index contributed by atoms with van der Waals surface area (Å²) in [6, 6.07) is 15.6. The van der Waals surface area contributed by atoms with Gasteiger partial charge in [0.15, 0.2) is 5.41 Å². The van der Waals surface area contributed by atoms with E-state index in [-0.39, 0.29) is 12.8 Å². The molecule has 0 spiro atoms. The van der Waals surface area contributed by atoms with Crippen LogP contribution in [0.5, 0.6) is 0 Å². The lowest BCUT2D eigenvalue weighted by molar-refractivity contribution is -0.251.